The number of hydrogen-bond acceptors (Lipinski definition) is 5. The summed E-state index contributed by atoms with van der Waals surface area (Å²) in [5.41, 5.74) is 0. The molecule has 4 nitrogen and oxygen atoms in total. The van der Waals surface area contributed by atoms with Crippen LogP contribution in [0.4, 0.5) is 0 Å². The summed E-state index contributed by atoms with van der Waals surface area (Å²) in [5.74, 6) is 0. The van der Waals surface area contributed by atoms with Gasteiger partial charge in [-0.25, -0.2) is 0 Å². The Morgan fingerprint density at radius 3 is 1.55 bits per heavy atom. The van der Waals surface area contributed by atoms with Crippen molar-refractivity contribution < 1.29 is 18.1 Å². The Morgan fingerprint density at radius 1 is 0.909 bits per heavy atom. The molecule has 1 spiro atoms. The zero-order chi connectivity index (χ0) is 7.81. The van der Waals surface area contributed by atoms with E-state index in [1.54, 1.807) is 0 Å². The third kappa shape index (κ3) is 1.11. The standard InChI is InChI=1S/C5H11O4PS/c1-11-10(6-2-3-7-10)8-4-5-9-10/h2-5H2,1H3. The summed E-state index contributed by atoms with van der Waals surface area (Å²) in [7, 11) is 0. The summed E-state index contributed by atoms with van der Waals surface area (Å²) >= 11 is 1.43. The molecule has 2 aliphatic rings. The third-order valence-electron chi connectivity index (χ3n) is 1.67. The second kappa shape index (κ2) is 2.55. The van der Waals surface area contributed by atoms with Crippen LogP contribution < -0.4 is 0 Å². The van der Waals surface area contributed by atoms with Gasteiger partial charge < -0.3 is 0 Å². The molecule has 6 heteroatoms. The molecule has 0 aromatic rings. The quantitative estimate of drug-likeness (QED) is 0.598. The van der Waals surface area contributed by atoms with E-state index in [1.165, 1.54) is 11.4 Å². The first-order valence-corrected chi connectivity index (χ1v) is 7.21. The van der Waals surface area contributed by atoms with Crippen molar-refractivity contribution in [3.8, 4) is 0 Å². The predicted octanol–water partition coefficient (Wildman–Crippen LogP) is 1.57. The number of hydrogen-bond donors (Lipinski definition) is 0. The summed E-state index contributed by atoms with van der Waals surface area (Å²) in [6.07, 6.45) is 1.90. The van der Waals surface area contributed by atoms with Crippen LogP contribution in [0.1, 0.15) is 0 Å². The van der Waals surface area contributed by atoms with Gasteiger partial charge in [-0.15, -0.1) is 0 Å². The maximum atomic E-state index is 5.47. The van der Waals surface area contributed by atoms with Gasteiger partial charge in [0.2, 0.25) is 0 Å². The molecule has 0 unspecified atom stereocenters. The first-order chi connectivity index (χ1) is 5.29. The van der Waals surface area contributed by atoms with Crippen LogP contribution in [0.15, 0.2) is 0 Å². The van der Waals surface area contributed by atoms with Gasteiger partial charge in [-0.1, -0.05) is 0 Å². The van der Waals surface area contributed by atoms with Crippen molar-refractivity contribution in [2.24, 2.45) is 0 Å². The molecule has 0 radical (unpaired) electrons. The van der Waals surface area contributed by atoms with Crippen molar-refractivity contribution in [1.82, 2.24) is 0 Å². The summed E-state index contributed by atoms with van der Waals surface area (Å²) < 4.78 is 21.9. The molecule has 0 N–H and O–H groups in total. The van der Waals surface area contributed by atoms with E-state index < -0.39 is 6.71 Å². The Kier molecular flexibility index (Phi) is 1.91. The summed E-state index contributed by atoms with van der Waals surface area (Å²) in [6.45, 7) is -0.711. The van der Waals surface area contributed by atoms with Gasteiger partial charge in [0.25, 0.3) is 0 Å². The molecule has 0 bridgehead atoms. The van der Waals surface area contributed by atoms with Crippen LogP contribution in [0.2, 0.25) is 0 Å². The van der Waals surface area contributed by atoms with Crippen LogP contribution in [0.5, 0.6) is 0 Å². The molecule has 0 aliphatic carbocycles. The van der Waals surface area contributed by atoms with Gasteiger partial charge in [0, 0.05) is 0 Å². The molecular weight excluding hydrogens is 187 g/mol. The normalized spacial score (nSPS) is 37.0. The minimum absolute atomic E-state index is 0.582. The van der Waals surface area contributed by atoms with Crippen molar-refractivity contribution in [1.29, 1.82) is 0 Å². The van der Waals surface area contributed by atoms with Gasteiger partial charge in [-0.05, 0) is 0 Å². The van der Waals surface area contributed by atoms with Crippen LogP contribution in [0.25, 0.3) is 0 Å². The zero-order valence-corrected chi connectivity index (χ0v) is 8.03. The average Bonchev–Trinajstić information content (AvgIpc) is 2.64. The van der Waals surface area contributed by atoms with E-state index in [4.69, 9.17) is 18.1 Å². The molecule has 0 aromatic carbocycles. The molecule has 66 valence electrons. The van der Waals surface area contributed by atoms with Crippen molar-refractivity contribution in [3.05, 3.63) is 0 Å². The average molecular weight is 198 g/mol. The van der Waals surface area contributed by atoms with Gasteiger partial charge >= 0.3 is 68.9 Å². The fourth-order valence-corrected chi connectivity index (χ4v) is 5.70. The molecule has 0 amide bonds. The molecule has 0 atom stereocenters. The molecular formula is C5H11O4PS. The van der Waals surface area contributed by atoms with Crippen LogP contribution in [0.3, 0.4) is 0 Å². The molecule has 0 aromatic heterocycles. The predicted molar refractivity (Wildman–Crippen MR) is 44.2 cm³/mol. The van der Waals surface area contributed by atoms with Crippen LogP contribution in [0, 0.1) is 0 Å². The molecule has 2 saturated heterocycles. The first kappa shape index (κ1) is 8.23. The van der Waals surface area contributed by atoms with Crippen LogP contribution >= 0.6 is 18.1 Å². The Bertz CT molecular complexity index is 140. The van der Waals surface area contributed by atoms with Crippen molar-refractivity contribution >= 4 is 18.1 Å². The summed E-state index contributed by atoms with van der Waals surface area (Å²) in [5, 5.41) is 0. The monoisotopic (exact) mass is 198 g/mol. The second-order valence-corrected chi connectivity index (χ2v) is 8.03. The second-order valence-electron chi connectivity index (χ2n) is 2.26. The number of rotatable bonds is 1. The Labute approximate surface area is 69.5 Å². The van der Waals surface area contributed by atoms with E-state index in [-0.39, 0.29) is 0 Å². The van der Waals surface area contributed by atoms with Crippen LogP contribution in [-0.4, -0.2) is 32.7 Å². The van der Waals surface area contributed by atoms with E-state index in [2.05, 4.69) is 0 Å². The molecule has 2 heterocycles. The van der Waals surface area contributed by atoms with Crippen molar-refractivity contribution in [2.75, 3.05) is 32.7 Å². The van der Waals surface area contributed by atoms with Gasteiger partial charge in [0.1, 0.15) is 0 Å². The molecule has 2 aliphatic heterocycles. The molecule has 0 saturated carbocycles. The minimum atomic E-state index is -3.04. The third-order valence-corrected chi connectivity index (χ3v) is 7.74. The van der Waals surface area contributed by atoms with E-state index in [9.17, 15) is 0 Å². The van der Waals surface area contributed by atoms with Crippen molar-refractivity contribution in [3.63, 3.8) is 0 Å². The topological polar surface area (TPSA) is 36.9 Å². The molecule has 2 fully saturated rings. The van der Waals surface area contributed by atoms with E-state index >= 15 is 0 Å². The van der Waals surface area contributed by atoms with Crippen molar-refractivity contribution in [2.45, 2.75) is 0 Å². The SMILES string of the molecule is CSP12(OCCO1)OCCO2. The molecule has 11 heavy (non-hydrogen) atoms. The van der Waals surface area contributed by atoms with E-state index in [1.807, 2.05) is 6.26 Å². The summed E-state index contributed by atoms with van der Waals surface area (Å²) in [4.78, 5) is 0. The summed E-state index contributed by atoms with van der Waals surface area (Å²) in [6, 6.07) is 0. The van der Waals surface area contributed by atoms with Gasteiger partial charge in [0.15, 0.2) is 0 Å². The first-order valence-electron chi connectivity index (χ1n) is 3.48. The maximum absolute atomic E-state index is 5.47. The Balaban J connectivity index is 2.24. The fraction of sp³-hybridized carbons (Fsp3) is 1.00. The van der Waals surface area contributed by atoms with Crippen LogP contribution in [-0.2, 0) is 18.1 Å². The fourth-order valence-electron chi connectivity index (χ4n) is 1.18. The van der Waals surface area contributed by atoms with E-state index in [0.717, 1.165) is 0 Å². The Morgan fingerprint density at radius 2 is 1.27 bits per heavy atom. The Hall–Kier alpha value is 0.620. The van der Waals surface area contributed by atoms with Gasteiger partial charge in [-0.2, -0.15) is 0 Å². The van der Waals surface area contributed by atoms with E-state index in [0.29, 0.717) is 26.4 Å². The van der Waals surface area contributed by atoms with Gasteiger partial charge in [0.05, 0.1) is 0 Å². The van der Waals surface area contributed by atoms with Gasteiger partial charge in [-0.3, -0.25) is 0 Å². The molecule has 2 rings (SSSR count). The zero-order valence-electron chi connectivity index (χ0n) is 6.32.